The van der Waals surface area contributed by atoms with E-state index in [-0.39, 0.29) is 28.8 Å². The van der Waals surface area contributed by atoms with Crippen LogP contribution in [0.3, 0.4) is 0 Å². The Morgan fingerprint density at radius 3 is 2.62 bits per heavy atom. The van der Waals surface area contributed by atoms with Crippen molar-refractivity contribution in [3.8, 4) is 0 Å². The number of rotatable bonds is 1. The molecule has 156 valence electrons. The highest BCUT2D eigenvalue weighted by molar-refractivity contribution is 6.01. The SMILES string of the molecule is CC1(C)O[C@H](C=O)[C@]2(CC[C@H]3[C@@H]4CCC5=CC(=O)C=C[C@]5(C)[C@H]4C(=O)C[C@@]32C)O1. The maximum absolute atomic E-state index is 13.7. The Hall–Kier alpha value is -1.59. The maximum Gasteiger partial charge on any atom is 0.178 e. The van der Waals surface area contributed by atoms with Crippen molar-refractivity contribution in [1.82, 2.24) is 0 Å². The van der Waals surface area contributed by atoms with Crippen LogP contribution in [-0.2, 0) is 23.9 Å². The van der Waals surface area contributed by atoms with Crippen molar-refractivity contribution in [3.63, 3.8) is 0 Å². The van der Waals surface area contributed by atoms with Crippen molar-refractivity contribution in [2.45, 2.75) is 77.3 Å². The molecule has 5 aliphatic rings. The first-order valence-electron chi connectivity index (χ1n) is 10.9. The van der Waals surface area contributed by atoms with E-state index >= 15 is 0 Å². The van der Waals surface area contributed by atoms with E-state index in [0.717, 1.165) is 37.5 Å². The van der Waals surface area contributed by atoms with Crippen LogP contribution in [0.1, 0.15) is 59.8 Å². The lowest BCUT2D eigenvalue weighted by Gasteiger charge is -2.57. The van der Waals surface area contributed by atoms with Crippen LogP contribution in [0.2, 0.25) is 0 Å². The molecule has 0 amide bonds. The second-order valence-corrected chi connectivity index (χ2v) is 10.6. The number of fused-ring (bicyclic) bond motifs is 6. The van der Waals surface area contributed by atoms with Crippen LogP contribution in [-0.4, -0.2) is 35.3 Å². The van der Waals surface area contributed by atoms with Crippen molar-refractivity contribution in [2.24, 2.45) is 28.6 Å². The normalized spacial score (nSPS) is 50.1. The van der Waals surface area contributed by atoms with Crippen LogP contribution in [0.4, 0.5) is 0 Å². The average molecular weight is 398 g/mol. The molecule has 0 aromatic carbocycles. The van der Waals surface area contributed by atoms with E-state index in [4.69, 9.17) is 9.47 Å². The largest absolute Gasteiger partial charge is 0.340 e. The monoisotopic (exact) mass is 398 g/mol. The second-order valence-electron chi connectivity index (χ2n) is 10.6. The third kappa shape index (κ3) is 2.32. The van der Waals surface area contributed by atoms with Crippen LogP contribution in [0.5, 0.6) is 0 Å². The lowest BCUT2D eigenvalue weighted by molar-refractivity contribution is -0.197. The molecular weight excluding hydrogens is 368 g/mol. The topological polar surface area (TPSA) is 69.7 Å². The summed E-state index contributed by atoms with van der Waals surface area (Å²) in [5.74, 6) is -0.138. The van der Waals surface area contributed by atoms with Crippen LogP contribution in [0.25, 0.3) is 0 Å². The predicted molar refractivity (Wildman–Crippen MR) is 106 cm³/mol. The van der Waals surface area contributed by atoms with E-state index in [1.54, 1.807) is 12.2 Å². The quantitative estimate of drug-likeness (QED) is 0.632. The molecule has 1 heterocycles. The molecule has 5 rings (SSSR count). The van der Waals surface area contributed by atoms with Gasteiger partial charge in [-0.15, -0.1) is 0 Å². The molecule has 1 spiro atoms. The van der Waals surface area contributed by atoms with Gasteiger partial charge in [0.25, 0.3) is 0 Å². The summed E-state index contributed by atoms with van der Waals surface area (Å²) in [4.78, 5) is 37.6. The summed E-state index contributed by atoms with van der Waals surface area (Å²) >= 11 is 0. The fraction of sp³-hybridized carbons (Fsp3) is 0.708. The summed E-state index contributed by atoms with van der Waals surface area (Å²) in [7, 11) is 0. The van der Waals surface area contributed by atoms with Gasteiger partial charge >= 0.3 is 0 Å². The zero-order chi connectivity index (χ0) is 20.8. The highest BCUT2D eigenvalue weighted by Crippen LogP contribution is 2.69. The van der Waals surface area contributed by atoms with Crippen LogP contribution in [0, 0.1) is 28.6 Å². The zero-order valence-corrected chi connectivity index (χ0v) is 17.7. The van der Waals surface area contributed by atoms with Gasteiger partial charge in [-0.3, -0.25) is 9.59 Å². The Bertz CT molecular complexity index is 868. The smallest absolute Gasteiger partial charge is 0.178 e. The molecule has 5 nitrogen and oxygen atoms in total. The van der Waals surface area contributed by atoms with Gasteiger partial charge in [0.2, 0.25) is 0 Å². The Labute approximate surface area is 171 Å². The number of ketones is 2. The van der Waals surface area contributed by atoms with E-state index in [9.17, 15) is 14.4 Å². The Morgan fingerprint density at radius 2 is 1.90 bits per heavy atom. The highest BCUT2D eigenvalue weighted by Gasteiger charge is 2.72. The van der Waals surface area contributed by atoms with Gasteiger partial charge in [-0.2, -0.15) is 0 Å². The van der Waals surface area contributed by atoms with Crippen molar-refractivity contribution >= 4 is 17.9 Å². The Kier molecular flexibility index (Phi) is 3.85. The van der Waals surface area contributed by atoms with Crippen molar-refractivity contribution in [2.75, 3.05) is 0 Å². The van der Waals surface area contributed by atoms with Crippen molar-refractivity contribution in [1.29, 1.82) is 0 Å². The number of aldehydes is 1. The minimum Gasteiger partial charge on any atom is -0.340 e. The summed E-state index contributed by atoms with van der Waals surface area (Å²) < 4.78 is 12.5. The third-order valence-electron chi connectivity index (χ3n) is 8.86. The second kappa shape index (κ2) is 5.76. The number of carbonyl (C=O) groups is 3. The van der Waals surface area contributed by atoms with E-state index in [0.29, 0.717) is 12.3 Å². The van der Waals surface area contributed by atoms with Gasteiger partial charge < -0.3 is 14.3 Å². The first kappa shape index (κ1) is 19.4. The van der Waals surface area contributed by atoms with Gasteiger partial charge in [0.1, 0.15) is 17.5 Å². The molecule has 4 fully saturated rings. The van der Waals surface area contributed by atoms with E-state index < -0.39 is 22.9 Å². The number of carbonyl (C=O) groups excluding carboxylic acids is 3. The van der Waals surface area contributed by atoms with Gasteiger partial charge in [0.15, 0.2) is 17.9 Å². The minimum atomic E-state index is -0.829. The van der Waals surface area contributed by atoms with Gasteiger partial charge in [0, 0.05) is 23.2 Å². The number of hydrogen-bond acceptors (Lipinski definition) is 5. The Balaban J connectivity index is 1.57. The van der Waals surface area contributed by atoms with Crippen molar-refractivity contribution in [3.05, 3.63) is 23.8 Å². The lowest BCUT2D eigenvalue weighted by atomic mass is 9.46. The summed E-state index contributed by atoms with van der Waals surface area (Å²) in [6.45, 7) is 7.97. The van der Waals surface area contributed by atoms with Crippen LogP contribution in [0.15, 0.2) is 23.8 Å². The van der Waals surface area contributed by atoms with Crippen molar-refractivity contribution < 1.29 is 23.9 Å². The first-order valence-corrected chi connectivity index (χ1v) is 10.9. The number of allylic oxidation sites excluding steroid dienone is 4. The zero-order valence-electron chi connectivity index (χ0n) is 17.7. The fourth-order valence-corrected chi connectivity index (χ4v) is 7.74. The maximum atomic E-state index is 13.7. The molecule has 5 heteroatoms. The molecule has 0 unspecified atom stereocenters. The molecule has 0 N–H and O–H groups in total. The molecule has 1 aliphatic heterocycles. The standard InChI is InChI=1S/C24H30O5/c1-21(2)28-19(13-25)24(29-21)10-8-17-16-6-5-14-11-15(26)7-9-22(14,3)20(16)18(27)12-23(17,24)4/h7,9,11,13,16-17,19-20H,5-6,8,10,12H2,1-4H3/t16-,17-,19+,20+,22-,23-,24-/m0/s1. The molecule has 7 atom stereocenters. The van der Waals surface area contributed by atoms with E-state index in [2.05, 4.69) is 13.8 Å². The molecule has 3 saturated carbocycles. The highest BCUT2D eigenvalue weighted by atomic mass is 16.8. The molecule has 4 aliphatic carbocycles. The first-order chi connectivity index (χ1) is 13.6. The molecule has 0 radical (unpaired) electrons. The average Bonchev–Trinajstić information content (AvgIpc) is 3.08. The minimum absolute atomic E-state index is 0.0244. The fourth-order valence-electron chi connectivity index (χ4n) is 7.74. The lowest BCUT2D eigenvalue weighted by Crippen LogP contribution is -2.60. The molecule has 29 heavy (non-hydrogen) atoms. The number of hydrogen-bond donors (Lipinski definition) is 0. The van der Waals surface area contributed by atoms with Gasteiger partial charge in [-0.25, -0.2) is 0 Å². The van der Waals surface area contributed by atoms with Crippen LogP contribution < -0.4 is 0 Å². The van der Waals surface area contributed by atoms with Gasteiger partial charge in [0.05, 0.1) is 0 Å². The summed E-state index contributed by atoms with van der Waals surface area (Å²) in [5, 5.41) is 0. The third-order valence-corrected chi connectivity index (χ3v) is 8.86. The molecule has 0 aromatic heterocycles. The molecule has 0 bridgehead atoms. The van der Waals surface area contributed by atoms with E-state index in [1.165, 1.54) is 0 Å². The summed E-state index contributed by atoms with van der Waals surface area (Å²) in [6.07, 6.45) is 9.40. The van der Waals surface area contributed by atoms with Crippen LogP contribution >= 0.6 is 0 Å². The van der Waals surface area contributed by atoms with E-state index in [1.807, 2.05) is 19.9 Å². The molecule has 1 saturated heterocycles. The number of Topliss-reactive ketones (excluding diaryl/α,β-unsaturated/α-hetero) is 1. The predicted octanol–water partition coefficient (Wildman–Crippen LogP) is 3.56. The molecule has 0 aromatic rings. The van der Waals surface area contributed by atoms with Gasteiger partial charge in [-0.1, -0.05) is 25.5 Å². The summed E-state index contributed by atoms with van der Waals surface area (Å²) in [6, 6.07) is 0. The summed E-state index contributed by atoms with van der Waals surface area (Å²) in [5.41, 5.74) is -0.431. The molecular formula is C24H30O5. The number of ether oxygens (including phenoxy) is 2. The van der Waals surface area contributed by atoms with Gasteiger partial charge in [-0.05, 0) is 63.5 Å². The Morgan fingerprint density at radius 1 is 1.14 bits per heavy atom.